The smallest absolute Gasteiger partial charge is 0.131 e. The summed E-state index contributed by atoms with van der Waals surface area (Å²) in [6.45, 7) is 0. The number of halogens is 1. The van der Waals surface area contributed by atoms with E-state index in [1.165, 1.54) is 11.6 Å². The van der Waals surface area contributed by atoms with Crippen molar-refractivity contribution in [3.8, 4) is 0 Å². The number of hydrazine groups is 1. The van der Waals surface area contributed by atoms with E-state index in [1.54, 1.807) is 17.4 Å². The van der Waals surface area contributed by atoms with Crippen molar-refractivity contribution in [1.82, 2.24) is 5.43 Å². The number of benzene rings is 2. The van der Waals surface area contributed by atoms with Crippen LogP contribution < -0.4 is 11.3 Å². The minimum atomic E-state index is -0.198. The molecule has 1 atom stereocenters. The molecule has 3 aromatic rings. The maximum atomic E-state index is 13.9. The van der Waals surface area contributed by atoms with Crippen molar-refractivity contribution in [2.45, 2.75) is 12.5 Å². The summed E-state index contributed by atoms with van der Waals surface area (Å²) in [5.74, 6) is 5.51. The first-order valence-electron chi connectivity index (χ1n) is 6.44. The molecule has 0 aliphatic rings. The van der Waals surface area contributed by atoms with Crippen LogP contribution in [-0.4, -0.2) is 0 Å². The molecule has 4 heteroatoms. The number of nitrogens with one attached hydrogen (secondary N) is 1. The van der Waals surface area contributed by atoms with E-state index in [0.29, 0.717) is 5.39 Å². The van der Waals surface area contributed by atoms with Gasteiger partial charge >= 0.3 is 0 Å². The Hall–Kier alpha value is -1.75. The lowest BCUT2D eigenvalue weighted by Crippen LogP contribution is -2.29. The van der Waals surface area contributed by atoms with Gasteiger partial charge in [-0.05, 0) is 45.8 Å². The molecule has 0 radical (unpaired) electrons. The van der Waals surface area contributed by atoms with Crippen LogP contribution >= 0.6 is 11.3 Å². The number of fused-ring (bicyclic) bond motifs is 1. The third-order valence-electron chi connectivity index (χ3n) is 3.50. The van der Waals surface area contributed by atoms with E-state index in [1.807, 2.05) is 29.6 Å². The average molecular weight is 286 g/mol. The average Bonchev–Trinajstić information content (AvgIpc) is 2.99. The molecule has 0 saturated carbocycles. The fraction of sp³-hybridized carbons (Fsp3) is 0.125. The number of thiophene rings is 1. The first-order chi connectivity index (χ1) is 9.79. The van der Waals surface area contributed by atoms with E-state index < -0.39 is 0 Å². The van der Waals surface area contributed by atoms with E-state index in [-0.39, 0.29) is 11.9 Å². The van der Waals surface area contributed by atoms with Gasteiger partial charge in [0.15, 0.2) is 0 Å². The first-order valence-corrected chi connectivity index (χ1v) is 7.38. The van der Waals surface area contributed by atoms with Crippen LogP contribution in [0.15, 0.2) is 53.2 Å². The SMILES string of the molecule is NNC(Cc1ccsc1)c1ccc(F)c2ccccc12. The molecule has 20 heavy (non-hydrogen) atoms. The first kappa shape index (κ1) is 13.2. The number of rotatable bonds is 4. The van der Waals surface area contributed by atoms with Gasteiger partial charge in [-0.25, -0.2) is 4.39 Å². The van der Waals surface area contributed by atoms with Crippen molar-refractivity contribution in [3.05, 3.63) is 70.2 Å². The molecular weight excluding hydrogens is 271 g/mol. The maximum absolute atomic E-state index is 13.9. The highest BCUT2D eigenvalue weighted by atomic mass is 32.1. The second-order valence-electron chi connectivity index (χ2n) is 4.74. The van der Waals surface area contributed by atoms with E-state index in [4.69, 9.17) is 5.84 Å². The van der Waals surface area contributed by atoms with Gasteiger partial charge in [0.05, 0.1) is 6.04 Å². The van der Waals surface area contributed by atoms with Crippen LogP contribution in [0, 0.1) is 5.82 Å². The van der Waals surface area contributed by atoms with Gasteiger partial charge in [-0.2, -0.15) is 11.3 Å². The molecule has 102 valence electrons. The zero-order chi connectivity index (χ0) is 13.9. The molecule has 0 aliphatic heterocycles. The second kappa shape index (κ2) is 5.71. The molecule has 0 aliphatic carbocycles. The monoisotopic (exact) mass is 286 g/mol. The summed E-state index contributed by atoms with van der Waals surface area (Å²) in [6, 6.07) is 12.9. The quantitative estimate of drug-likeness (QED) is 0.565. The molecule has 0 fully saturated rings. The minimum Gasteiger partial charge on any atom is -0.271 e. The molecule has 3 N–H and O–H groups in total. The van der Waals surface area contributed by atoms with Crippen LogP contribution in [0.5, 0.6) is 0 Å². The van der Waals surface area contributed by atoms with Gasteiger partial charge in [0, 0.05) is 5.39 Å². The lowest BCUT2D eigenvalue weighted by Gasteiger charge is -2.18. The standard InChI is InChI=1S/C16H15FN2S/c17-15-6-5-14(12-3-1-2-4-13(12)15)16(19-18)9-11-7-8-20-10-11/h1-8,10,16,19H,9,18H2. The van der Waals surface area contributed by atoms with Gasteiger partial charge < -0.3 is 0 Å². The lowest BCUT2D eigenvalue weighted by molar-refractivity contribution is 0.555. The van der Waals surface area contributed by atoms with Crippen LogP contribution in [-0.2, 0) is 6.42 Å². The molecule has 1 heterocycles. The van der Waals surface area contributed by atoms with Crippen molar-refractivity contribution < 1.29 is 4.39 Å². The molecule has 1 aromatic heterocycles. The van der Waals surface area contributed by atoms with E-state index in [0.717, 1.165) is 17.4 Å². The zero-order valence-electron chi connectivity index (χ0n) is 10.8. The van der Waals surface area contributed by atoms with Gasteiger partial charge in [0.2, 0.25) is 0 Å². The summed E-state index contributed by atoms with van der Waals surface area (Å²) in [6.07, 6.45) is 0.787. The summed E-state index contributed by atoms with van der Waals surface area (Å²) >= 11 is 1.66. The van der Waals surface area contributed by atoms with Crippen LogP contribution in [0.1, 0.15) is 17.2 Å². The Balaban J connectivity index is 2.05. The summed E-state index contributed by atoms with van der Waals surface area (Å²) < 4.78 is 13.9. The molecule has 2 nitrogen and oxygen atoms in total. The highest BCUT2D eigenvalue weighted by Gasteiger charge is 2.15. The summed E-state index contributed by atoms with van der Waals surface area (Å²) in [5, 5.41) is 5.70. The molecule has 1 unspecified atom stereocenters. The van der Waals surface area contributed by atoms with Crippen molar-refractivity contribution >= 4 is 22.1 Å². The predicted molar refractivity (Wildman–Crippen MR) is 82.0 cm³/mol. The van der Waals surface area contributed by atoms with Gasteiger partial charge in [0.1, 0.15) is 5.82 Å². The molecule has 3 rings (SSSR count). The lowest BCUT2D eigenvalue weighted by atomic mass is 9.95. The second-order valence-corrected chi connectivity index (χ2v) is 5.52. The highest BCUT2D eigenvalue weighted by Crippen LogP contribution is 2.28. The van der Waals surface area contributed by atoms with Crippen LogP contribution in [0.3, 0.4) is 0 Å². The predicted octanol–water partition coefficient (Wildman–Crippen LogP) is 3.79. The Bertz CT molecular complexity index is 710. The summed E-state index contributed by atoms with van der Waals surface area (Å²) in [7, 11) is 0. The maximum Gasteiger partial charge on any atom is 0.131 e. The van der Waals surface area contributed by atoms with Crippen molar-refractivity contribution in [1.29, 1.82) is 0 Å². The van der Waals surface area contributed by atoms with E-state index in [2.05, 4.69) is 16.9 Å². The van der Waals surface area contributed by atoms with E-state index in [9.17, 15) is 4.39 Å². The highest BCUT2D eigenvalue weighted by molar-refractivity contribution is 7.07. The third kappa shape index (κ3) is 2.45. The van der Waals surface area contributed by atoms with Crippen LogP contribution in [0.4, 0.5) is 4.39 Å². The third-order valence-corrected chi connectivity index (χ3v) is 4.23. The van der Waals surface area contributed by atoms with Crippen molar-refractivity contribution in [2.75, 3.05) is 0 Å². The molecular formula is C16H15FN2S. The van der Waals surface area contributed by atoms with Gasteiger partial charge in [0.25, 0.3) is 0 Å². The molecule has 0 spiro atoms. The molecule has 2 aromatic carbocycles. The number of nitrogens with two attached hydrogens (primary N) is 1. The van der Waals surface area contributed by atoms with Crippen molar-refractivity contribution in [2.24, 2.45) is 5.84 Å². The Morgan fingerprint density at radius 2 is 1.90 bits per heavy atom. The van der Waals surface area contributed by atoms with Crippen LogP contribution in [0.25, 0.3) is 10.8 Å². The number of hydrogen-bond acceptors (Lipinski definition) is 3. The molecule has 0 amide bonds. The fourth-order valence-corrected chi connectivity index (χ4v) is 3.17. The Morgan fingerprint density at radius 1 is 1.10 bits per heavy atom. The Morgan fingerprint density at radius 3 is 2.60 bits per heavy atom. The normalized spacial score (nSPS) is 12.7. The molecule has 0 saturated heterocycles. The number of hydrogen-bond donors (Lipinski definition) is 2. The van der Waals surface area contributed by atoms with Crippen molar-refractivity contribution in [3.63, 3.8) is 0 Å². The van der Waals surface area contributed by atoms with Crippen LogP contribution in [0.2, 0.25) is 0 Å². The minimum absolute atomic E-state index is 0.0323. The summed E-state index contributed by atoms with van der Waals surface area (Å²) in [4.78, 5) is 0. The van der Waals surface area contributed by atoms with E-state index >= 15 is 0 Å². The van der Waals surface area contributed by atoms with Gasteiger partial charge in [-0.1, -0.05) is 30.3 Å². The zero-order valence-corrected chi connectivity index (χ0v) is 11.7. The van der Waals surface area contributed by atoms with Gasteiger partial charge in [-0.3, -0.25) is 11.3 Å². The topological polar surface area (TPSA) is 38.0 Å². The molecule has 0 bridgehead atoms. The van der Waals surface area contributed by atoms with Gasteiger partial charge in [-0.15, -0.1) is 0 Å². The largest absolute Gasteiger partial charge is 0.271 e. The Labute approximate surface area is 121 Å². The Kier molecular flexibility index (Phi) is 3.78. The fourth-order valence-electron chi connectivity index (χ4n) is 2.49. The summed E-state index contributed by atoms with van der Waals surface area (Å²) in [5.41, 5.74) is 5.10.